The molecule has 1 aromatic rings. The smallest absolute Gasteiger partial charge is 0.234 e. The van der Waals surface area contributed by atoms with Crippen LogP contribution < -0.4 is 5.32 Å². The molecule has 0 aromatic heterocycles. The van der Waals surface area contributed by atoms with Gasteiger partial charge >= 0.3 is 0 Å². The SMILES string of the molecule is C=CCNC(=O)CN1CCC(C(O)Cc2ccccc2)CC1. The predicted octanol–water partition coefficient (Wildman–Crippen LogP) is 1.60. The maximum Gasteiger partial charge on any atom is 0.234 e. The van der Waals surface area contributed by atoms with Crippen molar-refractivity contribution >= 4 is 5.91 Å². The zero-order chi connectivity index (χ0) is 15.8. The molecule has 4 heteroatoms. The molecule has 1 aliphatic rings. The largest absolute Gasteiger partial charge is 0.392 e. The molecule has 0 bridgehead atoms. The quantitative estimate of drug-likeness (QED) is 0.752. The van der Waals surface area contributed by atoms with Gasteiger partial charge in [0.1, 0.15) is 0 Å². The Hall–Kier alpha value is -1.65. The second kappa shape index (κ2) is 8.71. The molecule has 2 N–H and O–H groups in total. The van der Waals surface area contributed by atoms with Gasteiger partial charge in [0, 0.05) is 6.54 Å². The molecule has 0 radical (unpaired) electrons. The van der Waals surface area contributed by atoms with Crippen LogP contribution in [0.1, 0.15) is 18.4 Å². The van der Waals surface area contributed by atoms with Gasteiger partial charge in [0.15, 0.2) is 0 Å². The molecule has 1 unspecified atom stereocenters. The fourth-order valence-corrected chi connectivity index (χ4v) is 2.96. The molecule has 0 saturated carbocycles. The van der Waals surface area contributed by atoms with Crippen LogP contribution in [0.2, 0.25) is 0 Å². The second-order valence-electron chi connectivity index (χ2n) is 5.96. The van der Waals surface area contributed by atoms with Crippen molar-refractivity contribution in [2.75, 3.05) is 26.2 Å². The zero-order valence-electron chi connectivity index (χ0n) is 13.1. The summed E-state index contributed by atoms with van der Waals surface area (Å²) >= 11 is 0. The summed E-state index contributed by atoms with van der Waals surface area (Å²) in [6.07, 6.45) is 4.00. The number of amides is 1. The second-order valence-corrected chi connectivity index (χ2v) is 5.96. The van der Waals surface area contributed by atoms with E-state index >= 15 is 0 Å². The lowest BCUT2D eigenvalue weighted by Gasteiger charge is -2.33. The molecule has 0 aliphatic carbocycles. The standard InChI is InChI=1S/C18H26N2O2/c1-2-10-19-18(22)14-20-11-8-16(9-12-20)17(21)13-15-6-4-3-5-7-15/h2-7,16-17,21H,1,8-14H2,(H,19,22). The topological polar surface area (TPSA) is 52.6 Å². The van der Waals surface area contributed by atoms with Gasteiger partial charge < -0.3 is 10.4 Å². The van der Waals surface area contributed by atoms with Crippen molar-refractivity contribution < 1.29 is 9.90 Å². The first-order valence-electron chi connectivity index (χ1n) is 8.01. The molecule has 1 atom stereocenters. The first-order chi connectivity index (χ1) is 10.7. The number of aliphatic hydroxyl groups is 1. The molecule has 1 amide bonds. The maximum absolute atomic E-state index is 11.7. The van der Waals surface area contributed by atoms with E-state index in [9.17, 15) is 9.90 Å². The van der Waals surface area contributed by atoms with Crippen molar-refractivity contribution in [2.24, 2.45) is 5.92 Å². The Labute approximate surface area is 132 Å². The summed E-state index contributed by atoms with van der Waals surface area (Å²) in [6, 6.07) is 10.1. The molecule has 120 valence electrons. The molecule has 22 heavy (non-hydrogen) atoms. The fourth-order valence-electron chi connectivity index (χ4n) is 2.96. The van der Waals surface area contributed by atoms with E-state index in [1.165, 1.54) is 5.56 Å². The van der Waals surface area contributed by atoms with Crippen molar-refractivity contribution in [2.45, 2.75) is 25.4 Å². The Balaban J connectivity index is 1.72. The third-order valence-electron chi connectivity index (χ3n) is 4.27. The minimum atomic E-state index is -0.292. The van der Waals surface area contributed by atoms with Gasteiger partial charge in [-0.05, 0) is 43.8 Å². The first kappa shape index (κ1) is 16.7. The van der Waals surface area contributed by atoms with E-state index in [4.69, 9.17) is 0 Å². The zero-order valence-corrected chi connectivity index (χ0v) is 13.1. The van der Waals surface area contributed by atoms with Crippen LogP contribution in [-0.4, -0.2) is 48.2 Å². The van der Waals surface area contributed by atoms with E-state index in [-0.39, 0.29) is 12.0 Å². The molecule has 1 fully saturated rings. The van der Waals surface area contributed by atoms with Gasteiger partial charge in [0.2, 0.25) is 5.91 Å². The number of piperidine rings is 1. The van der Waals surface area contributed by atoms with Gasteiger partial charge in [-0.15, -0.1) is 6.58 Å². The number of nitrogens with one attached hydrogen (secondary N) is 1. The molecule has 1 heterocycles. The molecule has 1 aromatic carbocycles. The van der Waals surface area contributed by atoms with Gasteiger partial charge in [-0.1, -0.05) is 36.4 Å². The molecular formula is C18H26N2O2. The lowest BCUT2D eigenvalue weighted by atomic mass is 9.88. The van der Waals surface area contributed by atoms with Crippen molar-refractivity contribution in [3.05, 3.63) is 48.6 Å². The van der Waals surface area contributed by atoms with Crippen LogP contribution in [0, 0.1) is 5.92 Å². The Morgan fingerprint density at radius 3 is 2.68 bits per heavy atom. The van der Waals surface area contributed by atoms with E-state index < -0.39 is 0 Å². The van der Waals surface area contributed by atoms with E-state index in [0.29, 0.717) is 25.4 Å². The molecule has 4 nitrogen and oxygen atoms in total. The van der Waals surface area contributed by atoms with Gasteiger partial charge in [-0.3, -0.25) is 9.69 Å². The highest BCUT2D eigenvalue weighted by Crippen LogP contribution is 2.22. The fraction of sp³-hybridized carbons (Fsp3) is 0.500. The summed E-state index contributed by atoms with van der Waals surface area (Å²) in [7, 11) is 0. The molecular weight excluding hydrogens is 276 g/mol. The summed E-state index contributed by atoms with van der Waals surface area (Å²) < 4.78 is 0. The summed E-state index contributed by atoms with van der Waals surface area (Å²) in [6.45, 7) is 6.29. The van der Waals surface area contributed by atoms with Crippen LogP contribution in [0.4, 0.5) is 0 Å². The minimum absolute atomic E-state index is 0.0446. The van der Waals surface area contributed by atoms with Crippen LogP contribution in [0.25, 0.3) is 0 Å². The third-order valence-corrected chi connectivity index (χ3v) is 4.27. The highest BCUT2D eigenvalue weighted by Gasteiger charge is 2.26. The molecule has 2 rings (SSSR count). The lowest BCUT2D eigenvalue weighted by Crippen LogP contribution is -2.43. The van der Waals surface area contributed by atoms with Crippen molar-refractivity contribution in [1.82, 2.24) is 10.2 Å². The van der Waals surface area contributed by atoms with E-state index in [2.05, 4.69) is 28.9 Å². The van der Waals surface area contributed by atoms with Crippen LogP contribution in [0.15, 0.2) is 43.0 Å². The molecule has 1 saturated heterocycles. The summed E-state index contributed by atoms with van der Waals surface area (Å²) in [5, 5.41) is 13.2. The molecule has 0 spiro atoms. The molecule has 1 aliphatic heterocycles. The number of carbonyl (C=O) groups is 1. The summed E-state index contributed by atoms with van der Waals surface area (Å²) in [5.74, 6) is 0.371. The number of hydrogen-bond acceptors (Lipinski definition) is 3. The first-order valence-corrected chi connectivity index (χ1v) is 8.01. The van der Waals surface area contributed by atoms with Gasteiger partial charge in [0.05, 0.1) is 12.6 Å². The number of aliphatic hydroxyl groups excluding tert-OH is 1. The average Bonchev–Trinajstić information content (AvgIpc) is 2.54. The van der Waals surface area contributed by atoms with Gasteiger partial charge in [0.25, 0.3) is 0 Å². The van der Waals surface area contributed by atoms with Crippen LogP contribution >= 0.6 is 0 Å². The monoisotopic (exact) mass is 302 g/mol. The maximum atomic E-state index is 11.7. The van der Waals surface area contributed by atoms with Crippen molar-refractivity contribution in [1.29, 1.82) is 0 Å². The third kappa shape index (κ3) is 5.28. The Morgan fingerprint density at radius 1 is 1.36 bits per heavy atom. The van der Waals surface area contributed by atoms with Crippen molar-refractivity contribution in [3.63, 3.8) is 0 Å². The Bertz CT molecular complexity index is 467. The predicted molar refractivity (Wildman–Crippen MR) is 88.5 cm³/mol. The minimum Gasteiger partial charge on any atom is -0.392 e. The highest BCUT2D eigenvalue weighted by molar-refractivity contribution is 5.78. The number of nitrogens with zero attached hydrogens (tertiary/aromatic N) is 1. The van der Waals surface area contributed by atoms with E-state index in [1.54, 1.807) is 6.08 Å². The van der Waals surface area contributed by atoms with Gasteiger partial charge in [-0.2, -0.15) is 0 Å². The number of hydrogen-bond donors (Lipinski definition) is 2. The number of likely N-dealkylation sites (tertiary alicyclic amines) is 1. The van der Waals surface area contributed by atoms with Gasteiger partial charge in [-0.25, -0.2) is 0 Å². The van der Waals surface area contributed by atoms with E-state index in [0.717, 1.165) is 25.9 Å². The van der Waals surface area contributed by atoms with Crippen LogP contribution in [0.5, 0.6) is 0 Å². The van der Waals surface area contributed by atoms with E-state index in [1.807, 2.05) is 18.2 Å². The van der Waals surface area contributed by atoms with Crippen molar-refractivity contribution in [3.8, 4) is 0 Å². The normalized spacial score (nSPS) is 17.9. The highest BCUT2D eigenvalue weighted by atomic mass is 16.3. The van der Waals surface area contributed by atoms with Crippen LogP contribution in [0.3, 0.4) is 0 Å². The Kier molecular flexibility index (Phi) is 6.62. The number of benzene rings is 1. The number of rotatable bonds is 7. The summed E-state index contributed by atoms with van der Waals surface area (Å²) in [4.78, 5) is 13.8. The lowest BCUT2D eigenvalue weighted by molar-refractivity contribution is -0.122. The average molecular weight is 302 g/mol. The van der Waals surface area contributed by atoms with Crippen LogP contribution in [-0.2, 0) is 11.2 Å². The summed E-state index contributed by atoms with van der Waals surface area (Å²) in [5.41, 5.74) is 1.18. The Morgan fingerprint density at radius 2 is 2.05 bits per heavy atom. The number of carbonyl (C=O) groups excluding carboxylic acids is 1.